The third-order valence-corrected chi connectivity index (χ3v) is 18.8. The second-order valence-corrected chi connectivity index (χ2v) is 27.2. The van der Waals surface area contributed by atoms with E-state index in [1.54, 1.807) is 24.0 Å². The van der Waals surface area contributed by atoms with E-state index >= 15 is 0 Å². The number of amides is 2. The molecule has 0 bridgehead atoms. The summed E-state index contributed by atoms with van der Waals surface area (Å²) in [7, 11) is 7.24. The van der Waals surface area contributed by atoms with Gasteiger partial charge in [0.2, 0.25) is 0 Å². The van der Waals surface area contributed by atoms with Crippen LogP contribution < -0.4 is 19.3 Å². The normalized spacial score (nSPS) is 17.6. The van der Waals surface area contributed by atoms with Crippen molar-refractivity contribution < 1.29 is 56.4 Å². The first-order valence-electron chi connectivity index (χ1n) is 33.2. The molecule has 24 nitrogen and oxygen atoms in total. The summed E-state index contributed by atoms with van der Waals surface area (Å²) in [5, 5.41) is 16.6. The molecule has 516 valence electrons. The molecule has 6 heterocycles. The molecule has 2 aromatic carbocycles. The van der Waals surface area contributed by atoms with Crippen LogP contribution in [0.25, 0.3) is 0 Å². The second-order valence-electron chi connectivity index (χ2n) is 27.2. The van der Waals surface area contributed by atoms with Gasteiger partial charge in [0.25, 0.3) is 23.6 Å². The van der Waals surface area contributed by atoms with E-state index in [1.165, 1.54) is 61.2 Å². The summed E-state index contributed by atoms with van der Waals surface area (Å²) >= 11 is 0. The van der Waals surface area contributed by atoms with Crippen molar-refractivity contribution >= 4 is 35.4 Å². The molecular weight excluding hydrogens is 1210 g/mol. The Morgan fingerprint density at radius 2 is 0.968 bits per heavy atom. The Hall–Kier alpha value is -7.10. The highest BCUT2D eigenvalue weighted by molar-refractivity contribution is 5.98. The van der Waals surface area contributed by atoms with Gasteiger partial charge in [-0.05, 0) is 117 Å². The van der Waals surface area contributed by atoms with Gasteiger partial charge in [-0.2, -0.15) is 0 Å². The first-order chi connectivity index (χ1) is 44.9. The molecule has 94 heavy (non-hydrogen) atoms. The highest BCUT2D eigenvalue weighted by Crippen LogP contribution is 2.47. The summed E-state index contributed by atoms with van der Waals surface area (Å²) in [6.45, 7) is 30.0. The molecule has 4 fully saturated rings. The Bertz CT molecular complexity index is 3000. The number of nitrogens with zero attached hydrogens (tertiary/aromatic N) is 14. The molecule has 0 saturated carbocycles. The molecule has 26 heteroatoms. The summed E-state index contributed by atoms with van der Waals surface area (Å²) in [5.74, 6) is -1.17. The number of benzene rings is 2. The molecule has 4 aliphatic rings. The molecular formula is C68H100F2N14O10. The molecule has 8 rings (SSSR count). The summed E-state index contributed by atoms with van der Waals surface area (Å²) in [5.41, 5.74) is 0.0423. The van der Waals surface area contributed by atoms with E-state index in [1.807, 2.05) is 55.6 Å². The van der Waals surface area contributed by atoms with Gasteiger partial charge < -0.3 is 57.8 Å². The molecule has 2 aromatic heterocycles. The lowest BCUT2D eigenvalue weighted by atomic mass is 9.76. The number of likely N-dealkylation sites (N-methyl/N-ethyl adjacent to an activating group) is 2. The quantitative estimate of drug-likeness (QED) is 0.0322. The zero-order valence-electron chi connectivity index (χ0n) is 57.6. The second kappa shape index (κ2) is 33.0. The zero-order chi connectivity index (χ0) is 68.0. The molecule has 0 aliphatic carbocycles. The van der Waals surface area contributed by atoms with Crippen LogP contribution in [0.15, 0.2) is 61.2 Å². The minimum Gasteiger partial charge on any atom is -0.458 e. The third-order valence-electron chi connectivity index (χ3n) is 18.8. The number of halogens is 2. The first kappa shape index (κ1) is 72.7. The minimum absolute atomic E-state index is 0.0513. The number of aromatic nitrogens is 6. The summed E-state index contributed by atoms with van der Waals surface area (Å²) in [6, 6.07) is 7.62. The predicted octanol–water partition coefficient (Wildman–Crippen LogP) is 7.75. The van der Waals surface area contributed by atoms with Gasteiger partial charge in [-0.25, -0.2) is 28.3 Å². The average Bonchev–Trinajstić information content (AvgIpc) is 1.55. The fraction of sp³-hybridized carbons (Fsp3) is 0.647. The fourth-order valence-corrected chi connectivity index (χ4v) is 13.9. The largest absolute Gasteiger partial charge is 0.458 e. The van der Waals surface area contributed by atoms with Crippen molar-refractivity contribution in [3.63, 3.8) is 0 Å². The van der Waals surface area contributed by atoms with E-state index in [0.29, 0.717) is 103 Å². The van der Waals surface area contributed by atoms with E-state index < -0.39 is 35.8 Å². The number of hydrogen-bond donors (Lipinski definition) is 0. The van der Waals surface area contributed by atoms with E-state index in [9.17, 15) is 28.0 Å². The number of likely N-dealkylation sites (tertiary alicyclic amines) is 2. The predicted molar refractivity (Wildman–Crippen MR) is 352 cm³/mol. The standard InChI is InChI=1S/C68H100F2N14O10/c1-15-83(47(7)8)65(87)53-31-49(69)17-19-57(53)93-63-61(71-43-73-75-63)79-25-23-67(37-79)39-81(40-67)55(45(3)4)33-51(35-77(11)27-29-89-13)91-59(85)21-22-60(86)92-52(36-78(12)28-30-90-14)34-56(46(5)6)82-41-68(42-82)24-26-80(38-68)62-64(76-74-44-72-62)94-58-20-18-50(70)32-54(58)66(88)84(16-2)48(9)10/h17-22,31-32,43-48,51-52,55-56H,15-16,23-30,33-42H2,1-14H3/b22-21+/t51-,52-,55+,56+/m1/s1. The SMILES string of the molecule is CCN(C(=O)c1cc(F)ccc1Oc1nncnc1N1CCC2(C1)CN([C@@H](C[C@H](CN(C)CCOC)OC(=O)/C=C/C(=O)O[C@H](C[C@@H](C(C)C)N1CC3(CCN(c4ncnnc4Oc4ccc(F)cc4C(=O)N(CC)C(C)C)C3)C1)CN(C)CCOC)C(C)C)C2)C(C)C. The zero-order valence-corrected chi connectivity index (χ0v) is 57.6. The number of rotatable bonds is 34. The van der Waals surface area contributed by atoms with Gasteiger partial charge in [0, 0.05) is 166 Å². The van der Waals surface area contributed by atoms with Gasteiger partial charge in [-0.3, -0.25) is 19.4 Å². The van der Waals surface area contributed by atoms with Crippen molar-refractivity contribution in [3.8, 4) is 23.3 Å². The van der Waals surface area contributed by atoms with Crippen LogP contribution in [0.2, 0.25) is 0 Å². The highest BCUT2D eigenvalue weighted by atomic mass is 19.1. The van der Waals surface area contributed by atoms with Crippen LogP contribution in [-0.2, 0) is 28.5 Å². The van der Waals surface area contributed by atoms with E-state index in [-0.39, 0.29) is 93.0 Å². The maximum atomic E-state index is 14.7. The van der Waals surface area contributed by atoms with Crippen molar-refractivity contribution in [3.05, 3.63) is 84.0 Å². The van der Waals surface area contributed by atoms with Crippen molar-refractivity contribution in [2.45, 2.75) is 131 Å². The number of anilines is 2. The van der Waals surface area contributed by atoms with E-state index in [4.69, 9.17) is 28.4 Å². The lowest BCUT2D eigenvalue weighted by molar-refractivity contribution is -0.149. The van der Waals surface area contributed by atoms with Crippen LogP contribution in [0.3, 0.4) is 0 Å². The number of methoxy groups -OCH3 is 2. The lowest BCUT2D eigenvalue weighted by Crippen LogP contribution is -2.62. The molecule has 4 atom stereocenters. The molecule has 4 aromatic rings. The smallest absolute Gasteiger partial charge is 0.331 e. The Morgan fingerprint density at radius 3 is 1.31 bits per heavy atom. The third kappa shape index (κ3) is 18.5. The highest BCUT2D eigenvalue weighted by Gasteiger charge is 2.52. The van der Waals surface area contributed by atoms with Crippen LogP contribution in [0.5, 0.6) is 23.3 Å². The molecule has 2 amide bonds. The molecule has 0 unspecified atom stereocenters. The number of hydrogen-bond acceptors (Lipinski definition) is 22. The van der Waals surface area contributed by atoms with Gasteiger partial charge in [-0.15, -0.1) is 20.4 Å². The van der Waals surface area contributed by atoms with Gasteiger partial charge in [0.1, 0.15) is 48.0 Å². The van der Waals surface area contributed by atoms with Crippen molar-refractivity contribution in [2.24, 2.45) is 22.7 Å². The average molecular weight is 1310 g/mol. The van der Waals surface area contributed by atoms with Crippen molar-refractivity contribution in [2.75, 3.05) is 143 Å². The summed E-state index contributed by atoms with van der Waals surface area (Å²) < 4.78 is 65.2. The lowest BCUT2D eigenvalue weighted by Gasteiger charge is -2.53. The first-order valence-corrected chi connectivity index (χ1v) is 33.2. The van der Waals surface area contributed by atoms with Gasteiger partial charge in [-0.1, -0.05) is 27.7 Å². The van der Waals surface area contributed by atoms with Gasteiger partial charge >= 0.3 is 11.9 Å². The maximum absolute atomic E-state index is 14.7. The van der Waals surface area contributed by atoms with Crippen molar-refractivity contribution in [1.29, 1.82) is 0 Å². The van der Waals surface area contributed by atoms with E-state index in [2.05, 4.69) is 87.5 Å². The molecule has 0 radical (unpaired) electrons. The van der Waals surface area contributed by atoms with Crippen LogP contribution in [0.1, 0.15) is 116 Å². The Labute approximate surface area is 553 Å². The van der Waals surface area contributed by atoms with Gasteiger partial charge in [0.05, 0.1) is 24.3 Å². The topological polar surface area (TPSA) is 227 Å². The van der Waals surface area contributed by atoms with Crippen LogP contribution >= 0.6 is 0 Å². The number of ether oxygens (including phenoxy) is 6. The Morgan fingerprint density at radius 1 is 0.585 bits per heavy atom. The molecule has 2 spiro atoms. The molecule has 0 N–H and O–H groups in total. The van der Waals surface area contributed by atoms with Crippen LogP contribution in [-0.4, -0.2) is 253 Å². The fourth-order valence-electron chi connectivity index (χ4n) is 13.9. The number of carbonyl (C=O) groups is 4. The molecule has 4 saturated heterocycles. The minimum atomic E-state index is -0.644. The summed E-state index contributed by atoms with van der Waals surface area (Å²) in [6.07, 6.45) is 6.89. The Kier molecular flexibility index (Phi) is 25.6. The number of carbonyl (C=O) groups excluding carboxylic acids is 4. The summed E-state index contributed by atoms with van der Waals surface area (Å²) in [4.78, 5) is 81.0. The number of esters is 2. The van der Waals surface area contributed by atoms with Gasteiger partial charge in [0.15, 0.2) is 11.6 Å². The monoisotopic (exact) mass is 1310 g/mol. The van der Waals surface area contributed by atoms with Crippen LogP contribution in [0.4, 0.5) is 20.4 Å². The van der Waals surface area contributed by atoms with E-state index in [0.717, 1.165) is 39.0 Å². The van der Waals surface area contributed by atoms with Crippen LogP contribution in [0, 0.1) is 34.3 Å². The Balaban J connectivity index is 0.888. The molecule has 4 aliphatic heterocycles. The van der Waals surface area contributed by atoms with Crippen molar-refractivity contribution in [1.82, 2.24) is 59.8 Å². The maximum Gasteiger partial charge on any atom is 0.331 e.